The van der Waals surface area contributed by atoms with Crippen molar-refractivity contribution in [2.75, 3.05) is 46.6 Å². The number of carbonyl (C=O) groups is 1. The highest BCUT2D eigenvalue weighted by Gasteiger charge is 2.04. The van der Waals surface area contributed by atoms with Crippen LogP contribution in [0.25, 0.3) is 0 Å². The Morgan fingerprint density at radius 1 is 1.33 bits per heavy atom. The summed E-state index contributed by atoms with van der Waals surface area (Å²) >= 11 is 0. The summed E-state index contributed by atoms with van der Waals surface area (Å²) in [5.41, 5.74) is 0. The van der Waals surface area contributed by atoms with Crippen LogP contribution in [0.4, 0.5) is 0 Å². The van der Waals surface area contributed by atoms with Crippen LogP contribution in [0.1, 0.15) is 6.92 Å². The van der Waals surface area contributed by atoms with E-state index in [2.05, 4.69) is 26.5 Å². The minimum atomic E-state index is 0.0221. The second-order valence-electron chi connectivity index (χ2n) is 4.55. The van der Waals surface area contributed by atoms with Gasteiger partial charge in [0.05, 0.1) is 27.7 Å². The molecule has 3 nitrogen and oxygen atoms in total. The Hall–Kier alpha value is -0.400. The van der Waals surface area contributed by atoms with Crippen LogP contribution in [0.5, 0.6) is 0 Å². The zero-order chi connectivity index (χ0) is 11.7. The van der Waals surface area contributed by atoms with Gasteiger partial charge < -0.3 is 9.80 Å². The third-order valence-corrected chi connectivity index (χ3v) is 3.06. The molecule has 0 aromatic heterocycles. The Morgan fingerprint density at radius 3 is 2.53 bits per heavy atom. The molecular weight excluding hydrogens is 207 g/mol. The molecule has 0 saturated heterocycles. The molecular formula is C11H24N2OP+. The predicted octanol–water partition coefficient (Wildman–Crippen LogP) is 1.06. The molecule has 0 radical (unpaired) electrons. The molecule has 88 valence electrons. The fourth-order valence-corrected chi connectivity index (χ4v) is 2.40. The lowest BCUT2D eigenvalue weighted by molar-refractivity contribution is -0.867. The third-order valence-electron chi connectivity index (χ3n) is 1.88. The lowest BCUT2D eigenvalue weighted by Crippen LogP contribution is -2.36. The van der Waals surface area contributed by atoms with E-state index in [4.69, 9.17) is 0 Å². The van der Waals surface area contributed by atoms with E-state index in [1.54, 1.807) is 12.2 Å². The minimum absolute atomic E-state index is 0.0221. The molecule has 0 saturated carbocycles. The van der Waals surface area contributed by atoms with Crippen molar-refractivity contribution in [2.24, 2.45) is 0 Å². The second-order valence-corrected chi connectivity index (χ2v) is 6.05. The van der Waals surface area contributed by atoms with Gasteiger partial charge in [0, 0.05) is 12.7 Å². The first-order valence-corrected chi connectivity index (χ1v) is 6.79. The molecule has 1 amide bonds. The van der Waals surface area contributed by atoms with Crippen molar-refractivity contribution in [1.29, 1.82) is 0 Å². The number of carbonyl (C=O) groups excluding carboxylic acids is 1. The summed E-state index contributed by atoms with van der Waals surface area (Å²) in [6.07, 6.45) is 5.68. The highest BCUT2D eigenvalue weighted by molar-refractivity contribution is 7.38. The molecule has 0 aliphatic rings. The maximum atomic E-state index is 11.0. The average Bonchev–Trinajstić information content (AvgIpc) is 2.09. The number of allylic oxidation sites excluding steroid dienone is 1. The molecule has 0 fully saturated rings. The van der Waals surface area contributed by atoms with Gasteiger partial charge in [0.25, 0.3) is 0 Å². The highest BCUT2D eigenvalue weighted by atomic mass is 31.1. The largest absolute Gasteiger partial charge is 0.352 e. The molecule has 4 heteroatoms. The third kappa shape index (κ3) is 11.5. The lowest BCUT2D eigenvalue weighted by atomic mass is 10.5. The number of hydrogen-bond donors (Lipinski definition) is 1. The van der Waals surface area contributed by atoms with Crippen molar-refractivity contribution in [3.05, 3.63) is 12.2 Å². The smallest absolute Gasteiger partial charge is 0.243 e. The Morgan fingerprint density at radius 2 is 2.00 bits per heavy atom. The maximum Gasteiger partial charge on any atom is 0.243 e. The maximum absolute atomic E-state index is 11.0. The lowest BCUT2D eigenvalue weighted by Gasteiger charge is -2.23. The number of rotatable bonds is 7. The zero-order valence-corrected chi connectivity index (χ0v) is 11.3. The summed E-state index contributed by atoms with van der Waals surface area (Å²) in [5, 5.41) is 2.86. The molecule has 1 N–H and O–H groups in total. The fourth-order valence-electron chi connectivity index (χ4n) is 1.02. The SMILES string of the molecule is CC=CC(=O)NCCPCC[N+](C)(C)C. The molecule has 1 unspecified atom stereocenters. The molecule has 0 bridgehead atoms. The zero-order valence-electron chi connectivity index (χ0n) is 10.3. The highest BCUT2D eigenvalue weighted by Crippen LogP contribution is 2.09. The van der Waals surface area contributed by atoms with Crippen molar-refractivity contribution in [2.45, 2.75) is 6.92 Å². The molecule has 0 spiro atoms. The van der Waals surface area contributed by atoms with Crippen molar-refractivity contribution in [3.63, 3.8) is 0 Å². The summed E-state index contributed by atoms with van der Waals surface area (Å²) in [4.78, 5) is 11.0. The molecule has 0 rings (SSSR count). The van der Waals surface area contributed by atoms with E-state index >= 15 is 0 Å². The van der Waals surface area contributed by atoms with Crippen LogP contribution in [-0.2, 0) is 4.79 Å². The van der Waals surface area contributed by atoms with Gasteiger partial charge in [-0.3, -0.25) is 4.79 Å². The summed E-state index contributed by atoms with van der Waals surface area (Å²) in [6.45, 7) is 3.86. The van der Waals surface area contributed by atoms with E-state index in [1.807, 2.05) is 6.92 Å². The number of hydrogen-bond acceptors (Lipinski definition) is 1. The standard InChI is InChI=1S/C11H23N2OP/c1-5-6-11(14)12-7-9-15-10-8-13(2,3)4/h5-6,15H,7-10H2,1-4H3/p+1. The topological polar surface area (TPSA) is 29.1 Å². The van der Waals surface area contributed by atoms with Crippen LogP contribution in [0.2, 0.25) is 0 Å². The van der Waals surface area contributed by atoms with Gasteiger partial charge in [-0.1, -0.05) is 6.08 Å². The van der Waals surface area contributed by atoms with Crippen LogP contribution in [0.15, 0.2) is 12.2 Å². The van der Waals surface area contributed by atoms with E-state index in [0.29, 0.717) is 0 Å². The Labute approximate surface area is 95.3 Å². The van der Waals surface area contributed by atoms with E-state index in [-0.39, 0.29) is 5.91 Å². The summed E-state index contributed by atoms with van der Waals surface area (Å²) < 4.78 is 1.03. The van der Waals surface area contributed by atoms with Crippen molar-refractivity contribution in [1.82, 2.24) is 5.32 Å². The normalized spacial score (nSPS) is 12.8. The van der Waals surface area contributed by atoms with Crippen LogP contribution < -0.4 is 5.32 Å². The Kier molecular flexibility index (Phi) is 7.63. The molecule has 0 aliphatic carbocycles. The van der Waals surface area contributed by atoms with Gasteiger partial charge in [-0.2, -0.15) is 0 Å². The summed E-state index contributed by atoms with van der Waals surface area (Å²) in [7, 11) is 7.57. The molecule has 0 aromatic carbocycles. The molecule has 0 heterocycles. The first-order chi connectivity index (χ1) is 6.95. The van der Waals surface area contributed by atoms with Crippen molar-refractivity contribution < 1.29 is 9.28 Å². The number of nitrogens with one attached hydrogen (secondary N) is 1. The van der Waals surface area contributed by atoms with Gasteiger partial charge in [-0.05, 0) is 19.2 Å². The second kappa shape index (κ2) is 7.84. The van der Waals surface area contributed by atoms with E-state index in [1.165, 1.54) is 12.7 Å². The number of amides is 1. The molecule has 1 atom stereocenters. The van der Waals surface area contributed by atoms with Gasteiger partial charge in [0.15, 0.2) is 0 Å². The van der Waals surface area contributed by atoms with Crippen LogP contribution >= 0.6 is 8.58 Å². The van der Waals surface area contributed by atoms with Gasteiger partial charge in [0.2, 0.25) is 5.91 Å². The van der Waals surface area contributed by atoms with Crippen LogP contribution in [0.3, 0.4) is 0 Å². The van der Waals surface area contributed by atoms with Crippen LogP contribution in [-0.4, -0.2) is 56.9 Å². The van der Waals surface area contributed by atoms with Crippen molar-refractivity contribution in [3.8, 4) is 0 Å². The quantitative estimate of drug-likeness (QED) is 0.302. The minimum Gasteiger partial charge on any atom is -0.352 e. The van der Waals surface area contributed by atoms with E-state index < -0.39 is 0 Å². The molecule has 0 aromatic rings. The molecule has 0 aliphatic heterocycles. The van der Waals surface area contributed by atoms with Crippen molar-refractivity contribution >= 4 is 14.5 Å². The first-order valence-electron chi connectivity index (χ1n) is 5.37. The Bertz CT molecular complexity index is 209. The van der Waals surface area contributed by atoms with E-state index in [0.717, 1.165) is 25.8 Å². The Balaban J connectivity index is 3.29. The van der Waals surface area contributed by atoms with Gasteiger partial charge in [0.1, 0.15) is 0 Å². The average molecular weight is 231 g/mol. The number of nitrogens with zero attached hydrogens (tertiary/aromatic N) is 1. The first kappa shape index (κ1) is 14.6. The van der Waals surface area contributed by atoms with Gasteiger partial charge in [-0.25, -0.2) is 0 Å². The summed E-state index contributed by atoms with van der Waals surface area (Å²) in [6, 6.07) is 0. The molecule has 15 heavy (non-hydrogen) atoms. The van der Waals surface area contributed by atoms with Crippen LogP contribution in [0, 0.1) is 0 Å². The predicted molar refractivity (Wildman–Crippen MR) is 68.8 cm³/mol. The monoisotopic (exact) mass is 231 g/mol. The van der Waals surface area contributed by atoms with E-state index in [9.17, 15) is 4.79 Å². The van der Waals surface area contributed by atoms with Gasteiger partial charge in [-0.15, -0.1) is 8.58 Å². The fraction of sp³-hybridized carbons (Fsp3) is 0.727. The van der Waals surface area contributed by atoms with Gasteiger partial charge >= 0.3 is 0 Å². The number of quaternary nitrogens is 1. The summed E-state index contributed by atoms with van der Waals surface area (Å²) in [5.74, 6) is 0.0221.